The molecule has 2 aliphatic rings. The van der Waals surface area contributed by atoms with Gasteiger partial charge in [-0.15, -0.1) is 0 Å². The van der Waals surface area contributed by atoms with Gasteiger partial charge in [0.2, 0.25) is 0 Å². The first-order valence-electron chi connectivity index (χ1n) is 11.3. The SMILES string of the molecule is O=C(c1ccc(CN2CCc3ccccc3C2)cc1)N1CCN(c2ccccc2F)CC1. The molecule has 0 saturated carbocycles. The van der Waals surface area contributed by atoms with Crippen molar-refractivity contribution in [2.24, 2.45) is 0 Å². The van der Waals surface area contributed by atoms with E-state index in [4.69, 9.17) is 0 Å². The highest BCUT2D eigenvalue weighted by molar-refractivity contribution is 5.94. The fraction of sp³-hybridized carbons (Fsp3) is 0.296. The van der Waals surface area contributed by atoms with E-state index in [2.05, 4.69) is 41.3 Å². The normalized spacial score (nSPS) is 16.7. The van der Waals surface area contributed by atoms with Crippen LogP contribution in [-0.2, 0) is 19.5 Å². The Morgan fingerprint density at radius 3 is 2.22 bits per heavy atom. The zero-order valence-electron chi connectivity index (χ0n) is 18.2. The predicted octanol–water partition coefficient (Wildman–Crippen LogP) is 4.35. The molecule has 1 saturated heterocycles. The van der Waals surface area contributed by atoms with Gasteiger partial charge in [-0.3, -0.25) is 9.69 Å². The number of nitrogens with zero attached hydrogens (tertiary/aromatic N) is 3. The van der Waals surface area contributed by atoms with E-state index < -0.39 is 0 Å². The average molecular weight is 430 g/mol. The molecule has 2 heterocycles. The minimum absolute atomic E-state index is 0.0524. The van der Waals surface area contributed by atoms with Crippen LogP contribution in [-0.4, -0.2) is 48.4 Å². The van der Waals surface area contributed by atoms with Crippen molar-refractivity contribution >= 4 is 11.6 Å². The monoisotopic (exact) mass is 429 g/mol. The molecule has 0 N–H and O–H groups in total. The largest absolute Gasteiger partial charge is 0.366 e. The topological polar surface area (TPSA) is 26.8 Å². The van der Waals surface area contributed by atoms with Gasteiger partial charge in [0.05, 0.1) is 5.69 Å². The van der Waals surface area contributed by atoms with Gasteiger partial charge < -0.3 is 9.80 Å². The molecule has 1 fully saturated rings. The third-order valence-corrected chi connectivity index (χ3v) is 6.58. The number of rotatable bonds is 4. The number of amides is 1. The second kappa shape index (κ2) is 9.13. The molecule has 2 aliphatic heterocycles. The van der Waals surface area contributed by atoms with E-state index in [9.17, 15) is 9.18 Å². The van der Waals surface area contributed by atoms with E-state index in [1.807, 2.05) is 28.0 Å². The highest BCUT2D eigenvalue weighted by Crippen LogP contribution is 2.22. The number of para-hydroxylation sites is 1. The lowest BCUT2D eigenvalue weighted by molar-refractivity contribution is 0.0746. The lowest BCUT2D eigenvalue weighted by Crippen LogP contribution is -2.49. The Bertz CT molecular complexity index is 1090. The van der Waals surface area contributed by atoms with Crippen LogP contribution in [0.2, 0.25) is 0 Å². The van der Waals surface area contributed by atoms with Crippen molar-refractivity contribution in [1.29, 1.82) is 0 Å². The molecule has 4 nitrogen and oxygen atoms in total. The third kappa shape index (κ3) is 4.39. The lowest BCUT2D eigenvalue weighted by atomic mass is 9.99. The van der Waals surface area contributed by atoms with Crippen LogP contribution in [0.25, 0.3) is 0 Å². The number of carbonyl (C=O) groups is 1. The molecule has 0 radical (unpaired) electrons. The van der Waals surface area contributed by atoms with Gasteiger partial charge in [-0.25, -0.2) is 4.39 Å². The number of halogens is 1. The molecule has 0 bridgehead atoms. The Hall–Kier alpha value is -3.18. The first-order chi connectivity index (χ1) is 15.7. The minimum Gasteiger partial charge on any atom is -0.366 e. The van der Waals surface area contributed by atoms with E-state index in [0.717, 1.165) is 31.6 Å². The number of anilines is 1. The standard InChI is InChI=1S/C27H28FN3O/c28-25-7-3-4-8-26(25)30-15-17-31(18-16-30)27(32)23-11-9-21(10-12-23)19-29-14-13-22-5-1-2-6-24(22)20-29/h1-12H,13-20H2. The first-order valence-corrected chi connectivity index (χ1v) is 11.3. The molecular formula is C27H28FN3O. The molecule has 0 aliphatic carbocycles. The van der Waals surface area contributed by atoms with E-state index in [1.54, 1.807) is 12.1 Å². The molecule has 1 amide bonds. The number of fused-ring (bicyclic) bond motifs is 1. The highest BCUT2D eigenvalue weighted by atomic mass is 19.1. The fourth-order valence-electron chi connectivity index (χ4n) is 4.74. The van der Waals surface area contributed by atoms with Crippen molar-refractivity contribution in [1.82, 2.24) is 9.80 Å². The van der Waals surface area contributed by atoms with Gasteiger partial charge in [0.25, 0.3) is 5.91 Å². The Balaban J connectivity index is 1.17. The smallest absolute Gasteiger partial charge is 0.253 e. The summed E-state index contributed by atoms with van der Waals surface area (Å²) in [5.41, 5.74) is 5.44. The second-order valence-corrected chi connectivity index (χ2v) is 8.66. The van der Waals surface area contributed by atoms with Gasteiger partial charge in [-0.1, -0.05) is 48.5 Å². The Kier molecular flexibility index (Phi) is 5.91. The fourth-order valence-corrected chi connectivity index (χ4v) is 4.74. The molecule has 3 aromatic rings. The number of carbonyl (C=O) groups excluding carboxylic acids is 1. The van der Waals surface area contributed by atoms with Crippen LogP contribution in [0.5, 0.6) is 0 Å². The molecule has 5 heteroatoms. The average Bonchev–Trinajstić information content (AvgIpc) is 2.84. The van der Waals surface area contributed by atoms with Crippen LogP contribution in [0.4, 0.5) is 10.1 Å². The summed E-state index contributed by atoms with van der Waals surface area (Å²) in [6.45, 7) is 5.41. The molecule has 5 rings (SSSR count). The molecule has 0 atom stereocenters. The molecule has 164 valence electrons. The molecule has 0 unspecified atom stereocenters. The second-order valence-electron chi connectivity index (χ2n) is 8.66. The number of hydrogen-bond donors (Lipinski definition) is 0. The van der Waals surface area contributed by atoms with Gasteiger partial charge in [-0.05, 0) is 47.4 Å². The summed E-state index contributed by atoms with van der Waals surface area (Å²) in [7, 11) is 0. The van der Waals surface area contributed by atoms with E-state index in [-0.39, 0.29) is 11.7 Å². The van der Waals surface area contributed by atoms with Gasteiger partial charge >= 0.3 is 0 Å². The van der Waals surface area contributed by atoms with E-state index in [1.165, 1.54) is 22.8 Å². The Morgan fingerprint density at radius 2 is 1.47 bits per heavy atom. The highest BCUT2D eigenvalue weighted by Gasteiger charge is 2.23. The van der Waals surface area contributed by atoms with Crippen molar-refractivity contribution in [3.63, 3.8) is 0 Å². The number of benzene rings is 3. The number of piperazine rings is 1. The molecule has 3 aromatic carbocycles. The van der Waals surface area contributed by atoms with Crippen molar-refractivity contribution in [3.05, 3.63) is 101 Å². The van der Waals surface area contributed by atoms with Crippen molar-refractivity contribution in [3.8, 4) is 0 Å². The summed E-state index contributed by atoms with van der Waals surface area (Å²) in [5, 5.41) is 0. The van der Waals surface area contributed by atoms with E-state index >= 15 is 0 Å². The quantitative estimate of drug-likeness (QED) is 0.617. The van der Waals surface area contributed by atoms with Crippen molar-refractivity contribution in [2.75, 3.05) is 37.6 Å². The Labute approximate surface area is 188 Å². The summed E-state index contributed by atoms with van der Waals surface area (Å²) in [6.07, 6.45) is 1.09. The van der Waals surface area contributed by atoms with E-state index in [0.29, 0.717) is 31.9 Å². The van der Waals surface area contributed by atoms with Crippen LogP contribution < -0.4 is 4.90 Å². The zero-order valence-corrected chi connectivity index (χ0v) is 18.2. The van der Waals surface area contributed by atoms with Crippen LogP contribution in [0.3, 0.4) is 0 Å². The van der Waals surface area contributed by atoms with Crippen LogP contribution >= 0.6 is 0 Å². The van der Waals surface area contributed by atoms with Gasteiger partial charge in [0.1, 0.15) is 5.82 Å². The first kappa shape index (κ1) is 20.7. The summed E-state index contributed by atoms with van der Waals surface area (Å²) in [5.74, 6) is -0.156. The Morgan fingerprint density at radius 1 is 0.781 bits per heavy atom. The summed E-state index contributed by atoms with van der Waals surface area (Å²) >= 11 is 0. The molecule has 0 spiro atoms. The van der Waals surface area contributed by atoms with Gasteiger partial charge in [0.15, 0.2) is 0 Å². The summed E-state index contributed by atoms with van der Waals surface area (Å²) < 4.78 is 14.0. The van der Waals surface area contributed by atoms with Crippen LogP contribution in [0, 0.1) is 5.82 Å². The zero-order chi connectivity index (χ0) is 21.9. The predicted molar refractivity (Wildman–Crippen MR) is 125 cm³/mol. The van der Waals surface area contributed by atoms with Crippen LogP contribution in [0.15, 0.2) is 72.8 Å². The minimum atomic E-state index is -0.208. The van der Waals surface area contributed by atoms with Gasteiger partial charge in [-0.2, -0.15) is 0 Å². The molecule has 32 heavy (non-hydrogen) atoms. The van der Waals surface area contributed by atoms with Crippen molar-refractivity contribution in [2.45, 2.75) is 19.5 Å². The summed E-state index contributed by atoms with van der Waals surface area (Å²) in [6, 6.07) is 23.5. The third-order valence-electron chi connectivity index (χ3n) is 6.58. The lowest BCUT2D eigenvalue weighted by Gasteiger charge is -2.36. The van der Waals surface area contributed by atoms with Crippen molar-refractivity contribution < 1.29 is 9.18 Å². The van der Waals surface area contributed by atoms with Gasteiger partial charge in [0, 0.05) is 51.4 Å². The number of hydrogen-bond acceptors (Lipinski definition) is 3. The molecular weight excluding hydrogens is 401 g/mol. The maximum absolute atomic E-state index is 14.0. The van der Waals surface area contributed by atoms with Crippen LogP contribution in [0.1, 0.15) is 27.0 Å². The summed E-state index contributed by atoms with van der Waals surface area (Å²) in [4.78, 5) is 19.3. The maximum atomic E-state index is 14.0. The maximum Gasteiger partial charge on any atom is 0.253 e. The molecule has 0 aromatic heterocycles.